The first kappa shape index (κ1) is 16.3. The number of nitrogens with zero attached hydrogens (tertiary/aromatic N) is 4. The monoisotopic (exact) mass is 360 g/mol. The van der Waals surface area contributed by atoms with Crippen LogP contribution in [-0.2, 0) is 20.0 Å². The fraction of sp³-hybridized carbons (Fsp3) is 0.444. The number of aryl methyl sites for hydroxylation is 1. The van der Waals surface area contributed by atoms with Crippen molar-refractivity contribution in [1.29, 1.82) is 0 Å². The average molecular weight is 361 g/mol. The third-order valence-electron chi connectivity index (χ3n) is 5.31. The summed E-state index contributed by atoms with van der Waals surface area (Å²) in [5, 5.41) is 14.4. The van der Waals surface area contributed by atoms with E-state index in [2.05, 4.69) is 10.00 Å². The molecule has 7 heteroatoms. The van der Waals surface area contributed by atoms with E-state index in [4.69, 9.17) is 11.6 Å². The van der Waals surface area contributed by atoms with Gasteiger partial charge in [0.05, 0.1) is 12.2 Å². The van der Waals surface area contributed by atoms with Crippen LogP contribution in [0.5, 0.6) is 0 Å². The van der Waals surface area contributed by atoms with Crippen molar-refractivity contribution in [2.75, 3.05) is 18.0 Å². The van der Waals surface area contributed by atoms with E-state index in [1.807, 2.05) is 29.9 Å². The summed E-state index contributed by atoms with van der Waals surface area (Å²) < 4.78 is 1.87. The highest BCUT2D eigenvalue weighted by Crippen LogP contribution is 2.38. The molecule has 1 amide bonds. The second kappa shape index (κ2) is 6.26. The minimum atomic E-state index is -0.844. The maximum atomic E-state index is 11.6. The standard InChI is InChI=1S/C18H21ClN4O2/c1-21-17(4-6-20-21)22-8-5-14-12(11-22)9-13(19)10-15(14)16-3-2-7-23(16)18(24)25/h4,6,9-10,16H,2-3,5,7-8,11H2,1H3,(H,24,25). The second-order valence-corrected chi connectivity index (χ2v) is 7.19. The van der Waals surface area contributed by atoms with E-state index >= 15 is 0 Å². The van der Waals surface area contributed by atoms with E-state index in [9.17, 15) is 9.90 Å². The summed E-state index contributed by atoms with van der Waals surface area (Å²) >= 11 is 6.39. The predicted octanol–water partition coefficient (Wildman–Crippen LogP) is 3.45. The molecule has 1 atom stereocenters. The molecule has 25 heavy (non-hydrogen) atoms. The van der Waals surface area contributed by atoms with Gasteiger partial charge >= 0.3 is 6.09 Å². The van der Waals surface area contributed by atoms with Gasteiger partial charge in [-0.3, -0.25) is 4.68 Å². The molecule has 3 heterocycles. The van der Waals surface area contributed by atoms with Crippen LogP contribution in [0.4, 0.5) is 10.6 Å². The lowest BCUT2D eigenvalue weighted by atomic mass is 9.90. The summed E-state index contributed by atoms with van der Waals surface area (Å²) in [6, 6.07) is 5.92. The van der Waals surface area contributed by atoms with Crippen LogP contribution in [0.25, 0.3) is 0 Å². The molecule has 0 saturated carbocycles. The van der Waals surface area contributed by atoms with Gasteiger partial charge in [0.25, 0.3) is 0 Å². The van der Waals surface area contributed by atoms with E-state index < -0.39 is 6.09 Å². The smallest absolute Gasteiger partial charge is 0.407 e. The normalized spacial score (nSPS) is 20.0. The van der Waals surface area contributed by atoms with Gasteiger partial charge in [-0.05, 0) is 48.1 Å². The molecule has 132 valence electrons. The van der Waals surface area contributed by atoms with Crippen molar-refractivity contribution in [3.63, 3.8) is 0 Å². The lowest BCUT2D eigenvalue weighted by Crippen LogP contribution is -2.34. The van der Waals surface area contributed by atoms with E-state index in [0.29, 0.717) is 11.6 Å². The third kappa shape index (κ3) is 2.84. The van der Waals surface area contributed by atoms with Crippen molar-refractivity contribution in [3.05, 3.63) is 46.1 Å². The van der Waals surface area contributed by atoms with Crippen molar-refractivity contribution in [1.82, 2.24) is 14.7 Å². The van der Waals surface area contributed by atoms with Crippen LogP contribution in [0.15, 0.2) is 24.4 Å². The van der Waals surface area contributed by atoms with Crippen LogP contribution in [0.2, 0.25) is 5.02 Å². The highest BCUT2D eigenvalue weighted by molar-refractivity contribution is 6.30. The molecular weight excluding hydrogens is 340 g/mol. The molecule has 1 saturated heterocycles. The summed E-state index contributed by atoms with van der Waals surface area (Å²) in [5.74, 6) is 1.08. The van der Waals surface area contributed by atoms with Gasteiger partial charge in [-0.15, -0.1) is 0 Å². The summed E-state index contributed by atoms with van der Waals surface area (Å²) in [6.07, 6.45) is 3.61. The molecule has 4 rings (SSSR count). The molecule has 0 radical (unpaired) electrons. The highest BCUT2D eigenvalue weighted by Gasteiger charge is 2.33. The molecule has 1 fully saturated rings. The highest BCUT2D eigenvalue weighted by atomic mass is 35.5. The van der Waals surface area contributed by atoms with Crippen LogP contribution < -0.4 is 4.90 Å². The number of hydrogen-bond acceptors (Lipinski definition) is 3. The maximum absolute atomic E-state index is 11.6. The number of hydrogen-bond donors (Lipinski definition) is 1. The Morgan fingerprint density at radius 2 is 2.20 bits per heavy atom. The van der Waals surface area contributed by atoms with Crippen LogP contribution in [0, 0.1) is 0 Å². The van der Waals surface area contributed by atoms with Crippen LogP contribution in [-0.4, -0.2) is 39.0 Å². The molecule has 2 aliphatic heterocycles. The summed E-state index contributed by atoms with van der Waals surface area (Å²) in [5.41, 5.74) is 3.54. The molecule has 0 aliphatic carbocycles. The number of likely N-dealkylation sites (tertiary alicyclic amines) is 1. The second-order valence-electron chi connectivity index (χ2n) is 6.75. The van der Waals surface area contributed by atoms with Gasteiger partial charge in [-0.25, -0.2) is 4.79 Å². The third-order valence-corrected chi connectivity index (χ3v) is 5.53. The number of anilines is 1. The molecule has 2 aromatic rings. The van der Waals surface area contributed by atoms with Gasteiger partial charge in [0.1, 0.15) is 5.82 Å². The van der Waals surface area contributed by atoms with Gasteiger partial charge in [0.15, 0.2) is 0 Å². The van der Waals surface area contributed by atoms with Gasteiger partial charge in [-0.1, -0.05) is 11.6 Å². The predicted molar refractivity (Wildman–Crippen MR) is 96.1 cm³/mol. The molecule has 0 spiro atoms. The van der Waals surface area contributed by atoms with Crippen molar-refractivity contribution < 1.29 is 9.90 Å². The SMILES string of the molecule is Cn1nccc1N1CCc2c(cc(Cl)cc2C2CCCN2C(=O)O)C1. The number of aromatic nitrogens is 2. The molecule has 1 aromatic heterocycles. The Labute approximate surface area is 151 Å². The first-order chi connectivity index (χ1) is 12.0. The van der Waals surface area contributed by atoms with Crippen molar-refractivity contribution in [2.24, 2.45) is 7.05 Å². The number of carbonyl (C=O) groups is 1. The Hall–Kier alpha value is -2.21. The number of rotatable bonds is 2. The number of halogens is 1. The van der Waals surface area contributed by atoms with Crippen LogP contribution in [0.3, 0.4) is 0 Å². The van der Waals surface area contributed by atoms with Gasteiger partial charge < -0.3 is 14.9 Å². The number of amides is 1. The summed E-state index contributed by atoms with van der Waals surface area (Å²) in [7, 11) is 1.94. The molecule has 2 aliphatic rings. The lowest BCUT2D eigenvalue weighted by molar-refractivity contribution is 0.140. The zero-order valence-corrected chi connectivity index (χ0v) is 14.9. The Morgan fingerprint density at radius 3 is 2.92 bits per heavy atom. The Bertz CT molecular complexity index is 819. The Morgan fingerprint density at radius 1 is 1.36 bits per heavy atom. The van der Waals surface area contributed by atoms with E-state index in [1.54, 1.807) is 11.1 Å². The summed E-state index contributed by atoms with van der Waals surface area (Å²) in [4.78, 5) is 15.4. The van der Waals surface area contributed by atoms with E-state index in [-0.39, 0.29) is 6.04 Å². The maximum Gasteiger partial charge on any atom is 0.407 e. The van der Waals surface area contributed by atoms with Crippen LogP contribution in [0.1, 0.15) is 35.6 Å². The fourth-order valence-corrected chi connectivity index (χ4v) is 4.43. The number of fused-ring (bicyclic) bond motifs is 1. The topological polar surface area (TPSA) is 61.6 Å². The van der Waals surface area contributed by atoms with Gasteiger partial charge in [0, 0.05) is 37.8 Å². The number of carboxylic acid groups (broad SMARTS) is 1. The molecule has 1 aromatic carbocycles. The quantitative estimate of drug-likeness (QED) is 0.891. The zero-order valence-electron chi connectivity index (χ0n) is 14.2. The van der Waals surface area contributed by atoms with Crippen molar-refractivity contribution in [2.45, 2.75) is 31.8 Å². The van der Waals surface area contributed by atoms with Crippen molar-refractivity contribution in [3.8, 4) is 0 Å². The molecule has 0 bridgehead atoms. The van der Waals surface area contributed by atoms with Crippen molar-refractivity contribution >= 4 is 23.5 Å². The number of benzene rings is 1. The van der Waals surface area contributed by atoms with Gasteiger partial charge in [-0.2, -0.15) is 5.10 Å². The first-order valence-corrected chi connectivity index (χ1v) is 8.96. The van der Waals surface area contributed by atoms with E-state index in [1.165, 1.54) is 11.1 Å². The Kier molecular flexibility index (Phi) is 4.07. The summed E-state index contributed by atoms with van der Waals surface area (Å²) in [6.45, 7) is 2.26. The first-order valence-electron chi connectivity index (χ1n) is 8.58. The van der Waals surface area contributed by atoms with Crippen LogP contribution >= 0.6 is 11.6 Å². The van der Waals surface area contributed by atoms with Gasteiger partial charge in [0.2, 0.25) is 0 Å². The minimum absolute atomic E-state index is 0.0757. The largest absolute Gasteiger partial charge is 0.465 e. The molecular formula is C18H21ClN4O2. The molecule has 6 nitrogen and oxygen atoms in total. The average Bonchev–Trinajstić information content (AvgIpc) is 3.22. The zero-order chi connectivity index (χ0) is 17.6. The molecule has 1 unspecified atom stereocenters. The molecule has 1 N–H and O–H groups in total. The Balaban J connectivity index is 1.70. The van der Waals surface area contributed by atoms with E-state index in [0.717, 1.165) is 43.7 Å². The minimum Gasteiger partial charge on any atom is -0.465 e. The fourth-order valence-electron chi connectivity index (χ4n) is 4.18. The lowest BCUT2D eigenvalue weighted by Gasteiger charge is -2.33.